The molecule has 2 aliphatic heterocycles. The Balaban J connectivity index is 1.42. The molecule has 2 aromatic carbocycles. The second-order valence-electron chi connectivity index (χ2n) is 10.2. The normalized spacial score (nSPS) is 18.8. The third kappa shape index (κ3) is 4.69. The summed E-state index contributed by atoms with van der Waals surface area (Å²) in [5.74, 6) is 1.05. The van der Waals surface area contributed by atoms with Crippen molar-refractivity contribution in [3.63, 3.8) is 0 Å². The van der Waals surface area contributed by atoms with Crippen LogP contribution in [-0.4, -0.2) is 37.4 Å². The van der Waals surface area contributed by atoms with E-state index in [1.165, 1.54) is 11.1 Å². The van der Waals surface area contributed by atoms with Gasteiger partial charge in [-0.1, -0.05) is 24.3 Å². The summed E-state index contributed by atoms with van der Waals surface area (Å²) in [6.45, 7) is 13.7. The minimum atomic E-state index is -0.411. The molecule has 1 amide bonds. The lowest BCUT2D eigenvalue weighted by molar-refractivity contribution is -0.118. The van der Waals surface area contributed by atoms with Crippen molar-refractivity contribution in [3.8, 4) is 5.75 Å². The highest BCUT2D eigenvalue weighted by Gasteiger charge is 2.52. The van der Waals surface area contributed by atoms with Gasteiger partial charge in [0.15, 0.2) is 0 Å². The van der Waals surface area contributed by atoms with Crippen LogP contribution in [0.5, 0.6) is 5.75 Å². The molecular weight excluding hydrogens is 413 g/mol. The van der Waals surface area contributed by atoms with Gasteiger partial charge in [-0.2, -0.15) is 0 Å². The van der Waals surface area contributed by atoms with E-state index in [1.54, 1.807) is 0 Å². The lowest BCUT2D eigenvalue weighted by atomic mass is 9.73. The van der Waals surface area contributed by atoms with Gasteiger partial charge >= 0.3 is 7.12 Å². The molecule has 0 unspecified atom stereocenters. The molecule has 6 heteroatoms. The van der Waals surface area contributed by atoms with Gasteiger partial charge < -0.3 is 18.9 Å². The Kier molecular flexibility index (Phi) is 6.61. The third-order valence-electron chi connectivity index (χ3n) is 7.44. The van der Waals surface area contributed by atoms with Crippen molar-refractivity contribution >= 4 is 24.2 Å². The van der Waals surface area contributed by atoms with Crippen molar-refractivity contribution < 1.29 is 18.8 Å². The molecule has 2 heterocycles. The van der Waals surface area contributed by atoms with Gasteiger partial charge in [-0.25, -0.2) is 0 Å². The predicted molar refractivity (Wildman–Crippen MR) is 133 cm³/mol. The van der Waals surface area contributed by atoms with Crippen LogP contribution in [0.3, 0.4) is 0 Å². The fourth-order valence-corrected chi connectivity index (χ4v) is 4.52. The first-order valence-electron chi connectivity index (χ1n) is 12.1. The number of hydrogen-bond donors (Lipinski definition) is 0. The molecule has 4 rings (SSSR count). The predicted octanol–water partition coefficient (Wildman–Crippen LogP) is 4.74. The molecule has 0 spiro atoms. The molecule has 5 nitrogen and oxygen atoms in total. The van der Waals surface area contributed by atoms with Crippen molar-refractivity contribution in [2.45, 2.75) is 78.4 Å². The van der Waals surface area contributed by atoms with Gasteiger partial charge in [0.25, 0.3) is 0 Å². The monoisotopic (exact) mass is 449 g/mol. The summed E-state index contributed by atoms with van der Waals surface area (Å²) in [6.07, 6.45) is 3.02. The molecule has 0 bridgehead atoms. The molecule has 1 saturated heterocycles. The number of nitrogens with zero attached hydrogens (tertiary/aromatic N) is 1. The highest BCUT2D eigenvalue weighted by molar-refractivity contribution is 6.62. The molecule has 0 radical (unpaired) electrons. The molecular formula is C27H36BNO4. The van der Waals surface area contributed by atoms with Crippen LogP contribution >= 0.6 is 0 Å². The molecule has 2 aromatic rings. The number of carbonyl (C=O) groups excluding carboxylic acids is 1. The van der Waals surface area contributed by atoms with E-state index in [2.05, 4.69) is 53.7 Å². The minimum absolute atomic E-state index is 0.145. The Morgan fingerprint density at radius 3 is 2.48 bits per heavy atom. The van der Waals surface area contributed by atoms with Crippen LogP contribution in [-0.2, 0) is 20.5 Å². The Bertz CT molecular complexity index is 1020. The first-order valence-corrected chi connectivity index (χ1v) is 12.1. The first kappa shape index (κ1) is 23.8. The second kappa shape index (κ2) is 9.15. The van der Waals surface area contributed by atoms with E-state index in [-0.39, 0.29) is 17.1 Å². The van der Waals surface area contributed by atoms with E-state index in [1.807, 2.05) is 29.2 Å². The van der Waals surface area contributed by atoms with Crippen molar-refractivity contribution in [1.29, 1.82) is 0 Å². The molecule has 0 saturated carbocycles. The average Bonchev–Trinajstić information content (AvgIpc) is 2.99. The molecule has 33 heavy (non-hydrogen) atoms. The van der Waals surface area contributed by atoms with E-state index >= 15 is 0 Å². The lowest BCUT2D eigenvalue weighted by Gasteiger charge is -2.32. The van der Waals surface area contributed by atoms with Gasteiger partial charge in [0, 0.05) is 18.7 Å². The Morgan fingerprint density at radius 1 is 1.06 bits per heavy atom. The maximum Gasteiger partial charge on any atom is 0.495 e. The van der Waals surface area contributed by atoms with Gasteiger partial charge in [-0.3, -0.25) is 4.79 Å². The highest BCUT2D eigenvalue weighted by atomic mass is 16.7. The van der Waals surface area contributed by atoms with Crippen LogP contribution < -0.4 is 15.1 Å². The van der Waals surface area contributed by atoms with E-state index in [0.29, 0.717) is 19.4 Å². The number of ether oxygens (including phenoxy) is 1. The number of amides is 1. The third-order valence-corrected chi connectivity index (χ3v) is 7.44. The summed E-state index contributed by atoms with van der Waals surface area (Å²) in [5, 5.41) is 0. The van der Waals surface area contributed by atoms with Crippen LogP contribution in [0, 0.1) is 13.8 Å². The molecule has 0 aromatic heterocycles. The summed E-state index contributed by atoms with van der Waals surface area (Å²) in [4.78, 5) is 15.1. The van der Waals surface area contributed by atoms with Crippen LogP contribution in [0.1, 0.15) is 63.6 Å². The molecule has 0 N–H and O–H groups in total. The van der Waals surface area contributed by atoms with Crippen LogP contribution in [0.25, 0.3) is 0 Å². The zero-order valence-electron chi connectivity index (χ0n) is 20.9. The van der Waals surface area contributed by atoms with E-state index in [4.69, 9.17) is 14.0 Å². The smallest absolute Gasteiger partial charge is 0.493 e. The quantitative estimate of drug-likeness (QED) is 0.472. The topological polar surface area (TPSA) is 48.0 Å². The van der Waals surface area contributed by atoms with Crippen molar-refractivity contribution in [1.82, 2.24) is 0 Å². The van der Waals surface area contributed by atoms with Gasteiger partial charge in [-0.05, 0) is 95.1 Å². The fraction of sp³-hybridized carbons (Fsp3) is 0.519. The maximum atomic E-state index is 13.1. The van der Waals surface area contributed by atoms with Crippen molar-refractivity contribution in [3.05, 3.63) is 53.1 Å². The number of anilines is 1. The Hall–Kier alpha value is -2.31. The van der Waals surface area contributed by atoms with Crippen LogP contribution in [0.15, 0.2) is 36.4 Å². The number of rotatable bonds is 6. The fourth-order valence-electron chi connectivity index (χ4n) is 4.52. The molecule has 2 aliphatic rings. The Morgan fingerprint density at radius 2 is 1.76 bits per heavy atom. The number of carbonyl (C=O) groups is 1. The van der Waals surface area contributed by atoms with E-state index < -0.39 is 7.12 Å². The van der Waals surface area contributed by atoms with Crippen molar-refractivity contribution in [2.75, 3.05) is 18.1 Å². The van der Waals surface area contributed by atoms with Crippen LogP contribution in [0.2, 0.25) is 0 Å². The summed E-state index contributed by atoms with van der Waals surface area (Å²) >= 11 is 0. The highest BCUT2D eigenvalue weighted by Crippen LogP contribution is 2.38. The summed E-state index contributed by atoms with van der Waals surface area (Å²) in [6, 6.07) is 12.2. The van der Waals surface area contributed by atoms with Gasteiger partial charge in [0.05, 0.1) is 17.8 Å². The standard InChI is InChI=1S/C27H36BNO4/c1-19-11-7-15-24(20(19)2)31-18-10-16-25(30)29-17-9-12-21-22(13-8-14-23(21)29)28-32-26(3,4)27(5,6)33-28/h7-8,11,13-15H,9-10,12,16-18H2,1-6H3. The number of hydrogen-bond acceptors (Lipinski definition) is 4. The minimum Gasteiger partial charge on any atom is -0.493 e. The van der Waals surface area contributed by atoms with Crippen molar-refractivity contribution in [2.24, 2.45) is 0 Å². The molecule has 0 aliphatic carbocycles. The van der Waals surface area contributed by atoms with Gasteiger partial charge in [0.2, 0.25) is 5.91 Å². The summed E-state index contributed by atoms with van der Waals surface area (Å²) in [7, 11) is -0.411. The largest absolute Gasteiger partial charge is 0.495 e. The number of benzene rings is 2. The van der Waals surface area contributed by atoms with E-state index in [0.717, 1.165) is 41.8 Å². The summed E-state index contributed by atoms with van der Waals surface area (Å²) in [5.41, 5.74) is 4.80. The Labute approximate surface area is 198 Å². The maximum absolute atomic E-state index is 13.1. The average molecular weight is 449 g/mol. The molecule has 176 valence electrons. The van der Waals surface area contributed by atoms with E-state index in [9.17, 15) is 4.79 Å². The lowest BCUT2D eigenvalue weighted by Crippen LogP contribution is -2.42. The van der Waals surface area contributed by atoms with Gasteiger partial charge in [-0.15, -0.1) is 0 Å². The zero-order valence-corrected chi connectivity index (χ0v) is 20.9. The molecule has 1 fully saturated rings. The molecule has 0 atom stereocenters. The number of fused-ring (bicyclic) bond motifs is 1. The van der Waals surface area contributed by atoms with Gasteiger partial charge in [0.1, 0.15) is 5.75 Å². The first-order chi connectivity index (χ1) is 15.6. The number of aryl methyl sites for hydroxylation is 1. The SMILES string of the molecule is Cc1cccc(OCCCC(=O)N2CCCc3c(B4OC(C)(C)C(C)(C)O4)cccc32)c1C. The summed E-state index contributed by atoms with van der Waals surface area (Å²) < 4.78 is 18.6. The van der Waals surface area contributed by atoms with Crippen LogP contribution in [0.4, 0.5) is 5.69 Å². The zero-order chi connectivity index (χ0) is 23.8. The second-order valence-corrected chi connectivity index (χ2v) is 10.2.